The number of halogens is 2. The third-order valence-corrected chi connectivity index (χ3v) is 6.55. The Bertz CT molecular complexity index is 1180. The maximum absolute atomic E-state index is 13.2. The Kier molecular flexibility index (Phi) is 8.14. The average molecular weight is 515 g/mol. The number of hydrogen-bond acceptors (Lipinski definition) is 7. The Hall–Kier alpha value is -3.24. The number of rotatable bonds is 7. The highest BCUT2D eigenvalue weighted by Gasteiger charge is 2.29. The fraction of sp³-hybridized carbons (Fsp3) is 0.292. The number of nitrogens with zero attached hydrogens (tertiary/aromatic N) is 5. The van der Waals surface area contributed by atoms with Crippen molar-refractivity contribution in [2.75, 3.05) is 30.3 Å². The van der Waals surface area contributed by atoms with Crippen LogP contribution in [0.15, 0.2) is 60.0 Å². The summed E-state index contributed by atoms with van der Waals surface area (Å²) < 4.78 is 13.2. The van der Waals surface area contributed by atoms with Crippen LogP contribution >= 0.6 is 23.4 Å². The molecule has 182 valence electrons. The first kappa shape index (κ1) is 24.9. The fourth-order valence-electron chi connectivity index (χ4n) is 3.72. The van der Waals surface area contributed by atoms with Crippen LogP contribution in [-0.2, 0) is 11.3 Å². The average Bonchev–Trinajstić information content (AvgIpc) is 2.86. The molecule has 2 amide bonds. The molecule has 3 aromatic rings. The first-order chi connectivity index (χ1) is 16.9. The lowest BCUT2D eigenvalue weighted by molar-refractivity contribution is -0.118. The smallest absolute Gasteiger partial charge is 0.254 e. The van der Waals surface area contributed by atoms with E-state index >= 15 is 0 Å². The summed E-state index contributed by atoms with van der Waals surface area (Å²) in [6.45, 7) is 3.95. The van der Waals surface area contributed by atoms with E-state index < -0.39 is 0 Å². The van der Waals surface area contributed by atoms with E-state index in [1.807, 2.05) is 24.0 Å². The standard InChI is InChI=1S/C24H24ClFN6O2S/c1-16-14-31(9-10-32(16)23(34)18-4-6-19(26)7-5-18)21-11-20(25)29-24(30-21)35-15-22(33)28-13-17-3-2-8-27-12-17/h2-8,11-12,16H,9-10,13-15H2,1H3,(H,28,33). The highest BCUT2D eigenvalue weighted by atomic mass is 35.5. The highest BCUT2D eigenvalue weighted by Crippen LogP contribution is 2.24. The second kappa shape index (κ2) is 11.5. The van der Waals surface area contributed by atoms with Gasteiger partial charge in [-0.25, -0.2) is 14.4 Å². The number of carbonyl (C=O) groups excluding carboxylic acids is 2. The van der Waals surface area contributed by atoms with Gasteiger partial charge in [-0.2, -0.15) is 0 Å². The lowest BCUT2D eigenvalue weighted by atomic mass is 10.1. The second-order valence-electron chi connectivity index (χ2n) is 8.06. The molecule has 1 fully saturated rings. The van der Waals surface area contributed by atoms with Crippen LogP contribution in [0.1, 0.15) is 22.8 Å². The fourth-order valence-corrected chi connectivity index (χ4v) is 4.63. The van der Waals surface area contributed by atoms with E-state index in [0.29, 0.717) is 42.7 Å². The van der Waals surface area contributed by atoms with Gasteiger partial charge in [0.2, 0.25) is 5.91 Å². The van der Waals surface area contributed by atoms with Gasteiger partial charge in [0.25, 0.3) is 5.91 Å². The third kappa shape index (κ3) is 6.67. The minimum absolute atomic E-state index is 0.0931. The number of carbonyl (C=O) groups is 2. The van der Waals surface area contributed by atoms with Crippen LogP contribution in [0, 0.1) is 5.82 Å². The van der Waals surface area contributed by atoms with E-state index in [2.05, 4.69) is 20.3 Å². The van der Waals surface area contributed by atoms with Crippen molar-refractivity contribution >= 4 is 41.0 Å². The van der Waals surface area contributed by atoms with Crippen molar-refractivity contribution in [1.82, 2.24) is 25.2 Å². The predicted octanol–water partition coefficient (Wildman–Crippen LogP) is 3.42. The number of anilines is 1. The zero-order valence-electron chi connectivity index (χ0n) is 19.0. The first-order valence-electron chi connectivity index (χ1n) is 11.0. The van der Waals surface area contributed by atoms with Crippen LogP contribution in [0.4, 0.5) is 10.2 Å². The Labute approximate surface area is 211 Å². The Morgan fingerprint density at radius 1 is 1.20 bits per heavy atom. The van der Waals surface area contributed by atoms with Crippen molar-refractivity contribution < 1.29 is 14.0 Å². The van der Waals surface area contributed by atoms with Crippen molar-refractivity contribution in [1.29, 1.82) is 0 Å². The van der Waals surface area contributed by atoms with Crippen molar-refractivity contribution in [2.24, 2.45) is 0 Å². The quantitative estimate of drug-likeness (QED) is 0.293. The molecule has 0 aliphatic carbocycles. The Morgan fingerprint density at radius 3 is 2.71 bits per heavy atom. The number of amides is 2. The number of aromatic nitrogens is 3. The summed E-state index contributed by atoms with van der Waals surface area (Å²) >= 11 is 7.44. The minimum atomic E-state index is -0.375. The first-order valence-corrected chi connectivity index (χ1v) is 12.4. The minimum Gasteiger partial charge on any atom is -0.353 e. The van der Waals surface area contributed by atoms with Gasteiger partial charge in [-0.15, -0.1) is 0 Å². The molecule has 8 nitrogen and oxygen atoms in total. The second-order valence-corrected chi connectivity index (χ2v) is 9.39. The lowest BCUT2D eigenvalue weighted by Crippen LogP contribution is -2.54. The maximum atomic E-state index is 13.2. The summed E-state index contributed by atoms with van der Waals surface area (Å²) in [5.41, 5.74) is 1.37. The zero-order chi connectivity index (χ0) is 24.8. The maximum Gasteiger partial charge on any atom is 0.254 e. The van der Waals surface area contributed by atoms with Crippen LogP contribution in [0.25, 0.3) is 0 Å². The molecule has 1 aromatic carbocycles. The van der Waals surface area contributed by atoms with E-state index in [1.54, 1.807) is 23.4 Å². The molecule has 0 spiro atoms. The van der Waals surface area contributed by atoms with E-state index in [4.69, 9.17) is 11.6 Å². The summed E-state index contributed by atoms with van der Waals surface area (Å²) in [7, 11) is 0. The largest absolute Gasteiger partial charge is 0.353 e. The summed E-state index contributed by atoms with van der Waals surface area (Å²) in [5.74, 6) is 0.136. The molecule has 1 aliphatic rings. The summed E-state index contributed by atoms with van der Waals surface area (Å²) in [6, 6.07) is 10.9. The van der Waals surface area contributed by atoms with E-state index in [1.165, 1.54) is 36.0 Å². The van der Waals surface area contributed by atoms with Crippen LogP contribution in [0.3, 0.4) is 0 Å². The van der Waals surface area contributed by atoms with Gasteiger partial charge in [0.15, 0.2) is 5.16 Å². The van der Waals surface area contributed by atoms with Gasteiger partial charge in [0.05, 0.1) is 5.75 Å². The van der Waals surface area contributed by atoms with Crippen LogP contribution in [0.5, 0.6) is 0 Å². The molecule has 1 saturated heterocycles. The van der Waals surface area contributed by atoms with Crippen LogP contribution in [0.2, 0.25) is 5.15 Å². The molecule has 11 heteroatoms. The molecule has 4 rings (SSSR count). The molecule has 1 unspecified atom stereocenters. The molecule has 1 aliphatic heterocycles. The van der Waals surface area contributed by atoms with Crippen molar-refractivity contribution in [3.63, 3.8) is 0 Å². The molecule has 35 heavy (non-hydrogen) atoms. The molecule has 1 N–H and O–H groups in total. The number of hydrogen-bond donors (Lipinski definition) is 1. The normalized spacial score (nSPS) is 15.7. The van der Waals surface area contributed by atoms with E-state index in [0.717, 1.165) is 5.56 Å². The Balaban J connectivity index is 1.34. The van der Waals surface area contributed by atoms with Gasteiger partial charge in [0.1, 0.15) is 16.8 Å². The zero-order valence-corrected chi connectivity index (χ0v) is 20.6. The summed E-state index contributed by atoms with van der Waals surface area (Å²) in [6.07, 6.45) is 3.38. The number of piperazine rings is 1. The van der Waals surface area contributed by atoms with Crippen molar-refractivity contribution in [3.05, 3.63) is 77.0 Å². The number of benzene rings is 1. The predicted molar refractivity (Wildman–Crippen MR) is 133 cm³/mol. The summed E-state index contributed by atoms with van der Waals surface area (Å²) in [4.78, 5) is 41.7. The van der Waals surface area contributed by atoms with Crippen molar-refractivity contribution in [3.8, 4) is 0 Å². The summed E-state index contributed by atoms with van der Waals surface area (Å²) in [5, 5.41) is 3.53. The van der Waals surface area contributed by atoms with E-state index in [9.17, 15) is 14.0 Å². The van der Waals surface area contributed by atoms with Crippen molar-refractivity contribution in [2.45, 2.75) is 24.7 Å². The van der Waals surface area contributed by atoms with Gasteiger partial charge in [0, 0.05) is 56.2 Å². The van der Waals surface area contributed by atoms with Gasteiger partial charge >= 0.3 is 0 Å². The molecule has 0 saturated carbocycles. The van der Waals surface area contributed by atoms with Gasteiger partial charge in [-0.1, -0.05) is 29.4 Å². The molecular formula is C24H24ClFN6O2S. The SMILES string of the molecule is CC1CN(c2cc(Cl)nc(SCC(=O)NCc3cccnc3)n2)CCN1C(=O)c1ccc(F)cc1. The van der Waals surface area contributed by atoms with Crippen LogP contribution < -0.4 is 10.2 Å². The molecule has 1 atom stereocenters. The number of thioether (sulfide) groups is 1. The van der Waals surface area contributed by atoms with Gasteiger partial charge in [-0.05, 0) is 42.8 Å². The molecule has 3 heterocycles. The van der Waals surface area contributed by atoms with Gasteiger partial charge in [-0.3, -0.25) is 14.6 Å². The molecule has 2 aromatic heterocycles. The number of pyridine rings is 1. The number of nitrogens with one attached hydrogen (secondary N) is 1. The highest BCUT2D eigenvalue weighted by molar-refractivity contribution is 7.99. The monoisotopic (exact) mass is 514 g/mol. The van der Waals surface area contributed by atoms with E-state index in [-0.39, 0.29) is 34.6 Å². The lowest BCUT2D eigenvalue weighted by Gasteiger charge is -2.40. The van der Waals surface area contributed by atoms with Gasteiger partial charge < -0.3 is 15.1 Å². The molecular weight excluding hydrogens is 491 g/mol. The third-order valence-electron chi connectivity index (χ3n) is 5.51. The van der Waals surface area contributed by atoms with Crippen LogP contribution in [-0.4, -0.2) is 63.1 Å². The topological polar surface area (TPSA) is 91.3 Å². The molecule has 0 bridgehead atoms. The Morgan fingerprint density at radius 2 is 2.00 bits per heavy atom. The molecule has 0 radical (unpaired) electrons.